The predicted molar refractivity (Wildman–Crippen MR) is 83.5 cm³/mol. The Bertz CT molecular complexity index is 558. The number of thiophene rings is 1. The highest BCUT2D eigenvalue weighted by Crippen LogP contribution is 2.30. The number of hydrogen-bond donors (Lipinski definition) is 2. The van der Waals surface area contributed by atoms with Gasteiger partial charge in [0.15, 0.2) is 0 Å². The Hall–Kier alpha value is -0.430. The Morgan fingerprint density at radius 2 is 2.05 bits per heavy atom. The summed E-state index contributed by atoms with van der Waals surface area (Å²) in [5.41, 5.74) is 0. The van der Waals surface area contributed by atoms with Gasteiger partial charge in [-0.05, 0) is 31.7 Å². The summed E-state index contributed by atoms with van der Waals surface area (Å²) in [7, 11) is -3.36. The monoisotopic (exact) mass is 316 g/mol. The van der Waals surface area contributed by atoms with Crippen molar-refractivity contribution < 1.29 is 8.42 Å². The van der Waals surface area contributed by atoms with Crippen molar-refractivity contribution in [3.05, 3.63) is 15.8 Å². The van der Waals surface area contributed by atoms with Crippen molar-refractivity contribution in [3.8, 4) is 0 Å². The molecule has 2 rings (SSSR count). The Labute approximate surface area is 126 Å². The molecule has 0 spiro atoms. The van der Waals surface area contributed by atoms with Crippen molar-refractivity contribution in [1.82, 2.24) is 10.0 Å². The Kier molecular flexibility index (Phi) is 4.89. The third-order valence-corrected chi connectivity index (χ3v) is 6.42. The molecular formula is C14H24N2O2S2. The lowest BCUT2D eigenvalue weighted by Gasteiger charge is -2.32. The van der Waals surface area contributed by atoms with E-state index in [1.54, 1.807) is 17.4 Å². The molecule has 0 radical (unpaired) electrons. The van der Waals surface area contributed by atoms with E-state index in [2.05, 4.69) is 30.8 Å². The number of aryl methyl sites for hydroxylation is 1. The van der Waals surface area contributed by atoms with Gasteiger partial charge in [0, 0.05) is 28.4 Å². The van der Waals surface area contributed by atoms with Crippen molar-refractivity contribution in [3.63, 3.8) is 0 Å². The zero-order valence-corrected chi connectivity index (χ0v) is 14.2. The Morgan fingerprint density at radius 3 is 2.60 bits per heavy atom. The van der Waals surface area contributed by atoms with Crippen molar-refractivity contribution >= 4 is 21.4 Å². The lowest BCUT2D eigenvalue weighted by Crippen LogP contribution is -2.43. The molecule has 20 heavy (non-hydrogen) atoms. The van der Waals surface area contributed by atoms with Gasteiger partial charge in [-0.1, -0.05) is 20.8 Å². The fourth-order valence-electron chi connectivity index (χ4n) is 2.46. The van der Waals surface area contributed by atoms with Crippen LogP contribution in [0.2, 0.25) is 0 Å². The predicted octanol–water partition coefficient (Wildman–Crippen LogP) is 2.63. The molecule has 4 nitrogen and oxygen atoms in total. The maximum absolute atomic E-state index is 12.4. The summed E-state index contributed by atoms with van der Waals surface area (Å²) in [6.45, 7) is 8.91. The van der Waals surface area contributed by atoms with Gasteiger partial charge in [-0.2, -0.15) is 0 Å². The van der Waals surface area contributed by atoms with Crippen molar-refractivity contribution in [2.45, 2.75) is 64.1 Å². The first-order valence-corrected chi connectivity index (χ1v) is 9.43. The summed E-state index contributed by atoms with van der Waals surface area (Å²) in [5.74, 6) is 0.636. The first kappa shape index (κ1) is 15.9. The minimum Gasteiger partial charge on any atom is -0.310 e. The van der Waals surface area contributed by atoms with Crippen LogP contribution in [0.1, 0.15) is 43.4 Å². The maximum Gasteiger partial charge on any atom is 0.241 e. The third kappa shape index (κ3) is 3.81. The standard InChI is InChI=1S/C14H24N2O2S2/c1-9(2)15-8-13-7-14(11(4)19-13)20(17,18)16-12-5-10(3)6-12/h7,9-10,12,15-16H,5-6,8H2,1-4H3. The van der Waals surface area contributed by atoms with Crippen LogP contribution in [0.25, 0.3) is 0 Å². The number of hydrogen-bond acceptors (Lipinski definition) is 4. The topological polar surface area (TPSA) is 58.2 Å². The zero-order valence-electron chi connectivity index (χ0n) is 12.6. The average molecular weight is 316 g/mol. The number of sulfonamides is 1. The van der Waals surface area contributed by atoms with Crippen LogP contribution in [0.5, 0.6) is 0 Å². The summed E-state index contributed by atoms with van der Waals surface area (Å²) in [4.78, 5) is 2.38. The summed E-state index contributed by atoms with van der Waals surface area (Å²) in [5, 5.41) is 3.32. The fourth-order valence-corrected chi connectivity index (χ4v) is 5.31. The summed E-state index contributed by atoms with van der Waals surface area (Å²) in [6, 6.07) is 2.32. The molecule has 0 amide bonds. The van der Waals surface area contributed by atoms with Gasteiger partial charge in [0.2, 0.25) is 10.0 Å². The van der Waals surface area contributed by atoms with Gasteiger partial charge in [-0.25, -0.2) is 13.1 Å². The Morgan fingerprint density at radius 1 is 1.40 bits per heavy atom. The van der Waals surface area contributed by atoms with Crippen LogP contribution >= 0.6 is 11.3 Å². The molecule has 0 atom stereocenters. The van der Waals surface area contributed by atoms with Crippen molar-refractivity contribution in [2.75, 3.05) is 0 Å². The normalized spacial score (nSPS) is 23.1. The second kappa shape index (κ2) is 6.13. The van der Waals surface area contributed by atoms with E-state index in [4.69, 9.17) is 0 Å². The molecule has 0 bridgehead atoms. The van der Waals surface area contributed by atoms with E-state index < -0.39 is 10.0 Å². The molecule has 6 heteroatoms. The molecule has 2 N–H and O–H groups in total. The van der Waals surface area contributed by atoms with Crippen LogP contribution in [0.4, 0.5) is 0 Å². The molecule has 114 valence electrons. The van der Waals surface area contributed by atoms with Gasteiger partial charge >= 0.3 is 0 Å². The minimum absolute atomic E-state index is 0.117. The molecule has 0 unspecified atom stereocenters. The highest BCUT2D eigenvalue weighted by atomic mass is 32.2. The van der Waals surface area contributed by atoms with Crippen LogP contribution in [0.15, 0.2) is 11.0 Å². The SMILES string of the molecule is Cc1sc(CNC(C)C)cc1S(=O)(=O)NC1CC(C)C1. The van der Waals surface area contributed by atoms with Gasteiger partial charge in [0.25, 0.3) is 0 Å². The van der Waals surface area contributed by atoms with E-state index in [0.29, 0.717) is 16.9 Å². The quantitative estimate of drug-likeness (QED) is 0.848. The zero-order chi connectivity index (χ0) is 14.9. The van der Waals surface area contributed by atoms with E-state index in [9.17, 15) is 8.42 Å². The first-order chi connectivity index (χ1) is 9.28. The lowest BCUT2D eigenvalue weighted by molar-refractivity contribution is 0.270. The second-order valence-electron chi connectivity index (χ2n) is 6.06. The maximum atomic E-state index is 12.4. The second-order valence-corrected chi connectivity index (χ2v) is 9.09. The molecule has 0 aromatic carbocycles. The highest BCUT2D eigenvalue weighted by Gasteiger charge is 2.31. The van der Waals surface area contributed by atoms with Gasteiger partial charge in [-0.15, -0.1) is 11.3 Å². The molecule has 1 aliphatic carbocycles. The molecule has 0 saturated heterocycles. The smallest absolute Gasteiger partial charge is 0.241 e. The number of nitrogens with one attached hydrogen (secondary N) is 2. The fraction of sp³-hybridized carbons (Fsp3) is 0.714. The van der Waals surface area contributed by atoms with E-state index in [1.165, 1.54) is 0 Å². The van der Waals surface area contributed by atoms with Gasteiger partial charge < -0.3 is 5.32 Å². The van der Waals surface area contributed by atoms with Crippen LogP contribution in [-0.4, -0.2) is 20.5 Å². The van der Waals surface area contributed by atoms with E-state index in [1.807, 2.05) is 6.92 Å². The molecule has 1 fully saturated rings. The largest absolute Gasteiger partial charge is 0.310 e. The lowest BCUT2D eigenvalue weighted by atomic mass is 9.83. The third-order valence-electron chi connectivity index (χ3n) is 3.59. The van der Waals surface area contributed by atoms with Gasteiger partial charge in [0.1, 0.15) is 0 Å². The first-order valence-electron chi connectivity index (χ1n) is 7.13. The molecule has 1 heterocycles. The van der Waals surface area contributed by atoms with Crippen molar-refractivity contribution in [2.24, 2.45) is 5.92 Å². The highest BCUT2D eigenvalue weighted by molar-refractivity contribution is 7.89. The van der Waals surface area contributed by atoms with Crippen molar-refractivity contribution in [1.29, 1.82) is 0 Å². The minimum atomic E-state index is -3.36. The van der Waals surface area contributed by atoms with Crippen LogP contribution in [0, 0.1) is 12.8 Å². The van der Waals surface area contributed by atoms with Gasteiger partial charge in [0.05, 0.1) is 4.90 Å². The Balaban J connectivity index is 2.07. The van der Waals surface area contributed by atoms with Crippen LogP contribution < -0.4 is 10.0 Å². The summed E-state index contributed by atoms with van der Waals surface area (Å²) >= 11 is 1.55. The summed E-state index contributed by atoms with van der Waals surface area (Å²) in [6.07, 6.45) is 1.90. The molecule has 1 aromatic rings. The molecular weight excluding hydrogens is 292 g/mol. The van der Waals surface area contributed by atoms with E-state index in [-0.39, 0.29) is 6.04 Å². The number of rotatable bonds is 6. The molecule has 1 aliphatic rings. The van der Waals surface area contributed by atoms with Crippen LogP contribution in [-0.2, 0) is 16.6 Å². The van der Waals surface area contributed by atoms with Gasteiger partial charge in [-0.3, -0.25) is 0 Å². The van der Waals surface area contributed by atoms with E-state index in [0.717, 1.165) is 29.1 Å². The van der Waals surface area contributed by atoms with E-state index >= 15 is 0 Å². The summed E-state index contributed by atoms with van der Waals surface area (Å²) < 4.78 is 27.6. The molecule has 1 saturated carbocycles. The molecule has 0 aliphatic heterocycles. The molecule has 1 aromatic heterocycles. The average Bonchev–Trinajstić information content (AvgIpc) is 2.66. The van der Waals surface area contributed by atoms with Crippen LogP contribution in [0.3, 0.4) is 0 Å².